The summed E-state index contributed by atoms with van der Waals surface area (Å²) in [6.45, 7) is 5.35. The highest BCUT2D eigenvalue weighted by atomic mass is 16.5. The molecule has 3 aromatic carbocycles. The van der Waals surface area contributed by atoms with Crippen LogP contribution in [0.15, 0.2) is 60.7 Å². The van der Waals surface area contributed by atoms with E-state index in [2.05, 4.69) is 48.2 Å². The van der Waals surface area contributed by atoms with Gasteiger partial charge in [-0.1, -0.05) is 42.0 Å². The summed E-state index contributed by atoms with van der Waals surface area (Å²) in [6, 6.07) is 21.1. The van der Waals surface area contributed by atoms with Gasteiger partial charge in [0.1, 0.15) is 12.4 Å². The molecule has 0 N–H and O–H groups in total. The van der Waals surface area contributed by atoms with Gasteiger partial charge in [0.2, 0.25) is 0 Å². The normalized spacial score (nSPS) is 13.9. The van der Waals surface area contributed by atoms with Crippen molar-refractivity contribution in [1.82, 2.24) is 4.90 Å². The average molecular weight is 389 g/mol. The summed E-state index contributed by atoms with van der Waals surface area (Å²) in [5.41, 5.74) is 5.94. The van der Waals surface area contributed by atoms with Gasteiger partial charge >= 0.3 is 0 Å². The van der Waals surface area contributed by atoms with Crippen molar-refractivity contribution >= 4 is 0 Å². The van der Waals surface area contributed by atoms with E-state index in [1.54, 1.807) is 14.2 Å². The molecule has 0 atom stereocenters. The first kappa shape index (κ1) is 19.3. The molecule has 0 fully saturated rings. The Hall–Kier alpha value is -2.98. The van der Waals surface area contributed by atoms with Gasteiger partial charge in [0.25, 0.3) is 0 Å². The number of fused-ring (bicyclic) bond motifs is 1. The van der Waals surface area contributed by atoms with Crippen molar-refractivity contribution in [2.75, 3.05) is 27.4 Å². The van der Waals surface area contributed by atoms with Crippen molar-refractivity contribution in [3.05, 3.63) is 77.4 Å². The lowest BCUT2D eigenvalue weighted by molar-refractivity contribution is 0.217. The van der Waals surface area contributed by atoms with Crippen molar-refractivity contribution in [3.8, 4) is 28.4 Å². The van der Waals surface area contributed by atoms with E-state index < -0.39 is 0 Å². The fraction of sp³-hybridized carbons (Fsp3) is 0.280. The summed E-state index contributed by atoms with van der Waals surface area (Å²) < 4.78 is 17.2. The fourth-order valence-corrected chi connectivity index (χ4v) is 3.75. The lowest BCUT2D eigenvalue weighted by Gasteiger charge is -2.20. The van der Waals surface area contributed by atoms with Crippen LogP contribution in [0.25, 0.3) is 11.1 Å². The van der Waals surface area contributed by atoms with Gasteiger partial charge in [0, 0.05) is 25.2 Å². The minimum absolute atomic E-state index is 0.647. The number of ether oxygens (including phenoxy) is 3. The van der Waals surface area contributed by atoms with Gasteiger partial charge in [0.05, 0.1) is 14.2 Å². The molecule has 1 aliphatic heterocycles. The predicted octanol–water partition coefficient (Wildman–Crippen LogP) is 5.07. The zero-order valence-corrected chi connectivity index (χ0v) is 17.3. The van der Waals surface area contributed by atoms with Crippen LogP contribution in [0, 0.1) is 6.92 Å². The van der Waals surface area contributed by atoms with Crippen LogP contribution in [0.4, 0.5) is 0 Å². The Morgan fingerprint density at radius 2 is 1.76 bits per heavy atom. The van der Waals surface area contributed by atoms with Crippen molar-refractivity contribution < 1.29 is 14.2 Å². The molecule has 4 heteroatoms. The van der Waals surface area contributed by atoms with Crippen molar-refractivity contribution in [2.45, 2.75) is 20.0 Å². The van der Waals surface area contributed by atoms with Gasteiger partial charge in [-0.25, -0.2) is 0 Å². The van der Waals surface area contributed by atoms with Crippen LogP contribution >= 0.6 is 0 Å². The summed E-state index contributed by atoms with van der Waals surface area (Å²) in [5.74, 6) is 2.47. The monoisotopic (exact) mass is 389 g/mol. The van der Waals surface area contributed by atoms with Crippen LogP contribution in [-0.2, 0) is 13.1 Å². The quantitative estimate of drug-likeness (QED) is 0.609. The smallest absolute Gasteiger partial charge is 0.165 e. The third-order valence-corrected chi connectivity index (χ3v) is 5.33. The summed E-state index contributed by atoms with van der Waals surface area (Å²) in [5, 5.41) is 0. The topological polar surface area (TPSA) is 30.9 Å². The molecule has 4 rings (SSSR count). The number of nitrogens with zero attached hydrogens (tertiary/aromatic N) is 1. The van der Waals surface area contributed by atoms with Gasteiger partial charge in [-0.15, -0.1) is 0 Å². The number of aryl methyl sites for hydroxylation is 1. The van der Waals surface area contributed by atoms with Crippen LogP contribution in [0.1, 0.15) is 16.7 Å². The molecule has 3 aromatic rings. The second-order valence-electron chi connectivity index (χ2n) is 7.44. The largest absolute Gasteiger partial charge is 0.497 e. The van der Waals surface area contributed by atoms with Crippen LogP contribution in [0.5, 0.6) is 17.2 Å². The van der Waals surface area contributed by atoms with Crippen LogP contribution in [0.3, 0.4) is 0 Å². The van der Waals surface area contributed by atoms with Crippen LogP contribution < -0.4 is 14.2 Å². The van der Waals surface area contributed by atoms with Gasteiger partial charge in [-0.2, -0.15) is 0 Å². The Bertz CT molecular complexity index is 982. The molecular formula is C25H27NO3. The molecule has 1 heterocycles. The van der Waals surface area contributed by atoms with Crippen molar-refractivity contribution in [1.29, 1.82) is 0 Å². The standard InChI is InChI=1S/C25H27NO3/c1-18-7-9-19(10-8-18)16-26-11-12-29-25-22(17-26)13-21(15-24(25)28-3)20-5-4-6-23(14-20)27-2/h4-10,13-15H,11-12,16-17H2,1-3H3. The molecule has 0 saturated heterocycles. The molecule has 0 aliphatic carbocycles. The fourth-order valence-electron chi connectivity index (χ4n) is 3.75. The zero-order valence-electron chi connectivity index (χ0n) is 17.3. The summed E-state index contributed by atoms with van der Waals surface area (Å²) in [6.07, 6.45) is 0. The second-order valence-corrected chi connectivity index (χ2v) is 7.44. The van der Waals surface area contributed by atoms with E-state index in [0.717, 1.165) is 53.6 Å². The molecule has 0 bridgehead atoms. The molecule has 0 aromatic heterocycles. The molecule has 29 heavy (non-hydrogen) atoms. The molecule has 0 amide bonds. The molecule has 1 aliphatic rings. The van der Waals surface area contributed by atoms with E-state index in [4.69, 9.17) is 14.2 Å². The van der Waals surface area contributed by atoms with Crippen molar-refractivity contribution in [3.63, 3.8) is 0 Å². The number of benzene rings is 3. The minimum atomic E-state index is 0.647. The Morgan fingerprint density at radius 3 is 2.52 bits per heavy atom. The van der Waals surface area contributed by atoms with E-state index in [1.165, 1.54) is 11.1 Å². The Morgan fingerprint density at radius 1 is 0.931 bits per heavy atom. The summed E-state index contributed by atoms with van der Waals surface area (Å²) >= 11 is 0. The van der Waals surface area contributed by atoms with E-state index in [9.17, 15) is 0 Å². The Labute approximate surface area is 172 Å². The third-order valence-electron chi connectivity index (χ3n) is 5.33. The van der Waals surface area contributed by atoms with Crippen molar-refractivity contribution in [2.24, 2.45) is 0 Å². The zero-order chi connectivity index (χ0) is 20.2. The van der Waals surface area contributed by atoms with E-state index in [0.29, 0.717) is 6.61 Å². The molecule has 0 saturated carbocycles. The van der Waals surface area contributed by atoms with E-state index in [-0.39, 0.29) is 0 Å². The highest BCUT2D eigenvalue weighted by Gasteiger charge is 2.21. The summed E-state index contributed by atoms with van der Waals surface area (Å²) in [7, 11) is 3.39. The molecular weight excluding hydrogens is 362 g/mol. The number of methoxy groups -OCH3 is 2. The maximum atomic E-state index is 6.10. The van der Waals surface area contributed by atoms with Gasteiger partial charge in [0.15, 0.2) is 11.5 Å². The second kappa shape index (κ2) is 8.58. The first-order chi connectivity index (χ1) is 14.2. The third kappa shape index (κ3) is 4.38. The number of rotatable bonds is 5. The predicted molar refractivity (Wildman–Crippen MR) is 116 cm³/mol. The molecule has 150 valence electrons. The highest BCUT2D eigenvalue weighted by Crippen LogP contribution is 2.39. The first-order valence-corrected chi connectivity index (χ1v) is 9.92. The average Bonchev–Trinajstić information content (AvgIpc) is 2.96. The molecule has 0 unspecified atom stereocenters. The maximum absolute atomic E-state index is 6.10. The van der Waals surface area contributed by atoms with Crippen LogP contribution in [-0.4, -0.2) is 32.3 Å². The lowest BCUT2D eigenvalue weighted by atomic mass is 10.0. The van der Waals surface area contributed by atoms with Gasteiger partial charge in [-0.05, 0) is 47.9 Å². The maximum Gasteiger partial charge on any atom is 0.165 e. The molecule has 4 nitrogen and oxygen atoms in total. The molecule has 0 spiro atoms. The first-order valence-electron chi connectivity index (χ1n) is 9.92. The van der Waals surface area contributed by atoms with Crippen LogP contribution in [0.2, 0.25) is 0 Å². The van der Waals surface area contributed by atoms with E-state index >= 15 is 0 Å². The Balaban J connectivity index is 1.66. The van der Waals surface area contributed by atoms with E-state index in [1.807, 2.05) is 24.3 Å². The number of hydrogen-bond acceptors (Lipinski definition) is 4. The van der Waals surface area contributed by atoms with Gasteiger partial charge in [-0.3, -0.25) is 4.90 Å². The molecule has 0 radical (unpaired) electrons. The summed E-state index contributed by atoms with van der Waals surface area (Å²) in [4.78, 5) is 2.42. The number of hydrogen-bond donors (Lipinski definition) is 0. The Kier molecular flexibility index (Phi) is 5.72. The lowest BCUT2D eigenvalue weighted by Crippen LogP contribution is -2.25. The highest BCUT2D eigenvalue weighted by molar-refractivity contribution is 5.70. The SMILES string of the molecule is COc1cccc(-c2cc3c(c(OC)c2)OCCN(Cc2ccc(C)cc2)C3)c1. The minimum Gasteiger partial charge on any atom is -0.497 e. The van der Waals surface area contributed by atoms with Gasteiger partial charge < -0.3 is 14.2 Å².